The van der Waals surface area contributed by atoms with Crippen LogP contribution < -0.4 is 0 Å². The van der Waals surface area contributed by atoms with E-state index in [9.17, 15) is 4.79 Å². The van der Waals surface area contributed by atoms with Crippen LogP contribution in [0.25, 0.3) is 10.1 Å². The van der Waals surface area contributed by atoms with E-state index in [1.807, 2.05) is 30.3 Å². The molecule has 0 atom stereocenters. The van der Waals surface area contributed by atoms with Crippen LogP contribution in [0, 0.1) is 7.11 Å². The van der Waals surface area contributed by atoms with E-state index in [1.54, 1.807) is 11.3 Å². The number of carbonyl (C=O) groups excluding carboxylic acids is 1. The standard InChI is InChI=1S/C11H9O2S/c1-13-11(12)7-9-6-8-4-2-3-5-10(8)14-9/h2-6H,1,7H2. The molecule has 71 valence electrons. The lowest BCUT2D eigenvalue weighted by Gasteiger charge is -1.93. The summed E-state index contributed by atoms with van der Waals surface area (Å²) < 4.78 is 5.56. The van der Waals surface area contributed by atoms with Crippen molar-refractivity contribution in [2.45, 2.75) is 6.42 Å². The summed E-state index contributed by atoms with van der Waals surface area (Å²) in [7, 11) is 3.09. The van der Waals surface area contributed by atoms with E-state index in [2.05, 4.69) is 11.8 Å². The molecule has 0 aliphatic heterocycles. The smallest absolute Gasteiger partial charge is 0.311 e. The van der Waals surface area contributed by atoms with Crippen molar-refractivity contribution in [3.63, 3.8) is 0 Å². The molecule has 0 aliphatic rings. The molecule has 0 amide bonds. The highest BCUT2D eigenvalue weighted by molar-refractivity contribution is 7.19. The van der Waals surface area contributed by atoms with E-state index in [-0.39, 0.29) is 5.97 Å². The third kappa shape index (κ3) is 1.77. The first kappa shape index (κ1) is 9.21. The lowest BCUT2D eigenvalue weighted by atomic mass is 10.2. The highest BCUT2D eigenvalue weighted by Crippen LogP contribution is 2.25. The molecule has 0 spiro atoms. The van der Waals surface area contributed by atoms with Crippen molar-refractivity contribution in [3.05, 3.63) is 42.3 Å². The fourth-order valence-corrected chi connectivity index (χ4v) is 2.37. The molecule has 2 nitrogen and oxygen atoms in total. The Hall–Kier alpha value is -1.35. The lowest BCUT2D eigenvalue weighted by molar-refractivity contribution is -0.137. The highest BCUT2D eigenvalue weighted by Gasteiger charge is 2.06. The Morgan fingerprint density at radius 2 is 2.21 bits per heavy atom. The lowest BCUT2D eigenvalue weighted by Crippen LogP contribution is -2.01. The van der Waals surface area contributed by atoms with Gasteiger partial charge in [-0.25, -0.2) is 0 Å². The van der Waals surface area contributed by atoms with Crippen molar-refractivity contribution >= 4 is 27.4 Å². The number of carbonyl (C=O) groups is 1. The Kier molecular flexibility index (Phi) is 2.50. The highest BCUT2D eigenvalue weighted by atomic mass is 32.1. The minimum atomic E-state index is -0.295. The quantitative estimate of drug-likeness (QED) is 0.705. The van der Waals surface area contributed by atoms with Crippen LogP contribution in [0.3, 0.4) is 0 Å². The maximum absolute atomic E-state index is 11.0. The zero-order valence-corrected chi connectivity index (χ0v) is 8.34. The zero-order valence-electron chi connectivity index (χ0n) is 7.53. The van der Waals surface area contributed by atoms with Crippen LogP contribution in [-0.4, -0.2) is 5.97 Å². The van der Waals surface area contributed by atoms with E-state index >= 15 is 0 Å². The Balaban J connectivity index is 2.31. The van der Waals surface area contributed by atoms with Crippen LogP contribution >= 0.6 is 11.3 Å². The number of ether oxygens (including phenoxy) is 1. The summed E-state index contributed by atoms with van der Waals surface area (Å²) in [5.41, 5.74) is 0. The fraction of sp³-hybridized carbons (Fsp3) is 0.0909. The third-order valence-corrected chi connectivity index (χ3v) is 3.07. The number of fused-ring (bicyclic) bond motifs is 1. The van der Waals surface area contributed by atoms with Gasteiger partial charge in [-0.05, 0) is 17.5 Å². The van der Waals surface area contributed by atoms with Gasteiger partial charge in [0.2, 0.25) is 0 Å². The van der Waals surface area contributed by atoms with Gasteiger partial charge >= 0.3 is 5.97 Å². The van der Waals surface area contributed by atoms with Crippen LogP contribution in [-0.2, 0) is 16.0 Å². The zero-order chi connectivity index (χ0) is 9.97. The molecule has 3 heteroatoms. The Morgan fingerprint density at radius 1 is 1.43 bits per heavy atom. The number of benzene rings is 1. The molecule has 1 heterocycles. The van der Waals surface area contributed by atoms with Crippen molar-refractivity contribution in [2.24, 2.45) is 0 Å². The van der Waals surface area contributed by atoms with Gasteiger partial charge < -0.3 is 4.74 Å². The number of rotatable bonds is 2. The van der Waals surface area contributed by atoms with Gasteiger partial charge in [-0.15, -0.1) is 11.3 Å². The molecule has 2 aromatic rings. The molecule has 0 unspecified atom stereocenters. The molecule has 0 aliphatic carbocycles. The average Bonchev–Trinajstić information content (AvgIpc) is 2.59. The summed E-state index contributed by atoms with van der Waals surface area (Å²) in [6.45, 7) is 0. The van der Waals surface area contributed by atoms with Gasteiger partial charge in [0.05, 0.1) is 6.42 Å². The summed E-state index contributed by atoms with van der Waals surface area (Å²) >= 11 is 1.61. The van der Waals surface area contributed by atoms with Crippen molar-refractivity contribution in [2.75, 3.05) is 0 Å². The third-order valence-electron chi connectivity index (χ3n) is 1.96. The summed E-state index contributed by atoms with van der Waals surface area (Å²) in [6, 6.07) is 10.1. The van der Waals surface area contributed by atoms with Gasteiger partial charge in [0.1, 0.15) is 7.11 Å². The van der Waals surface area contributed by atoms with Gasteiger partial charge in [0, 0.05) is 9.58 Å². The second-order valence-corrected chi connectivity index (χ2v) is 4.11. The molecule has 1 radical (unpaired) electrons. The van der Waals surface area contributed by atoms with Gasteiger partial charge in [0.25, 0.3) is 0 Å². The van der Waals surface area contributed by atoms with Gasteiger partial charge in [0.15, 0.2) is 0 Å². The number of hydrogen-bond acceptors (Lipinski definition) is 3. The van der Waals surface area contributed by atoms with Crippen molar-refractivity contribution < 1.29 is 9.53 Å². The summed E-state index contributed by atoms with van der Waals surface area (Å²) in [6.07, 6.45) is 0.308. The molecule has 0 saturated carbocycles. The molecule has 1 aromatic carbocycles. The predicted octanol–water partition coefficient (Wildman–Crippen LogP) is 2.78. The largest absolute Gasteiger partial charge is 0.462 e. The van der Waals surface area contributed by atoms with Crippen molar-refractivity contribution in [3.8, 4) is 0 Å². The first-order valence-corrected chi connectivity index (χ1v) is 5.03. The van der Waals surface area contributed by atoms with Crippen LogP contribution in [0.5, 0.6) is 0 Å². The van der Waals surface area contributed by atoms with Crippen molar-refractivity contribution in [1.82, 2.24) is 0 Å². The van der Waals surface area contributed by atoms with E-state index in [4.69, 9.17) is 0 Å². The van der Waals surface area contributed by atoms with E-state index in [1.165, 1.54) is 10.1 Å². The molecule has 0 saturated heterocycles. The maximum atomic E-state index is 11.0. The second kappa shape index (κ2) is 3.80. The molecule has 2 rings (SSSR count). The van der Waals surface area contributed by atoms with E-state index in [0.29, 0.717) is 6.42 Å². The number of esters is 1. The Bertz CT molecular complexity index is 426. The monoisotopic (exact) mass is 205 g/mol. The topological polar surface area (TPSA) is 26.3 Å². The Labute approximate surface area is 86.1 Å². The number of thiophene rings is 1. The fourth-order valence-electron chi connectivity index (χ4n) is 1.32. The first-order valence-electron chi connectivity index (χ1n) is 4.22. The Morgan fingerprint density at radius 3 is 2.93 bits per heavy atom. The predicted molar refractivity (Wildman–Crippen MR) is 57.0 cm³/mol. The van der Waals surface area contributed by atoms with Gasteiger partial charge in [-0.3, -0.25) is 4.79 Å². The molecule has 0 bridgehead atoms. The SMILES string of the molecule is [CH2]OC(=O)Cc1cc2ccccc2s1. The van der Waals surface area contributed by atoms with Crippen LogP contribution in [0.15, 0.2) is 30.3 Å². The van der Waals surface area contributed by atoms with Gasteiger partial charge in [-0.2, -0.15) is 0 Å². The molecule has 0 fully saturated rings. The summed E-state index contributed by atoms with van der Waals surface area (Å²) in [5.74, 6) is -0.295. The van der Waals surface area contributed by atoms with Gasteiger partial charge in [-0.1, -0.05) is 18.2 Å². The van der Waals surface area contributed by atoms with Crippen LogP contribution in [0.2, 0.25) is 0 Å². The molecule has 14 heavy (non-hydrogen) atoms. The average molecular weight is 205 g/mol. The first-order chi connectivity index (χ1) is 6.79. The maximum Gasteiger partial charge on any atom is 0.311 e. The van der Waals surface area contributed by atoms with E-state index < -0.39 is 0 Å². The minimum absolute atomic E-state index is 0.295. The number of hydrogen-bond donors (Lipinski definition) is 0. The normalized spacial score (nSPS) is 10.4. The van der Waals surface area contributed by atoms with Crippen molar-refractivity contribution in [1.29, 1.82) is 0 Å². The minimum Gasteiger partial charge on any atom is -0.462 e. The van der Waals surface area contributed by atoms with Crippen LogP contribution in [0.4, 0.5) is 0 Å². The molecular formula is C11H9O2S. The molecule has 1 aromatic heterocycles. The van der Waals surface area contributed by atoms with Crippen LogP contribution in [0.1, 0.15) is 4.88 Å². The van der Waals surface area contributed by atoms with E-state index in [0.717, 1.165) is 4.88 Å². The summed E-state index contributed by atoms with van der Waals surface area (Å²) in [5, 5.41) is 1.17. The molecule has 0 N–H and O–H groups in total. The molecular weight excluding hydrogens is 196 g/mol. The second-order valence-electron chi connectivity index (χ2n) is 2.94. The summed E-state index contributed by atoms with van der Waals surface area (Å²) in [4.78, 5) is 12.0.